The molecule has 1 aliphatic rings. The Morgan fingerprint density at radius 1 is 0.964 bits per heavy atom. The van der Waals surface area contributed by atoms with Crippen molar-refractivity contribution in [1.29, 1.82) is 0 Å². The Bertz CT molecular complexity index is 824. The molecule has 0 aromatic heterocycles. The van der Waals surface area contributed by atoms with Gasteiger partial charge in [0.1, 0.15) is 17.3 Å². The maximum Gasteiger partial charge on any atom is 0.253 e. The molecule has 0 atom stereocenters. The molecular formula is C21H23FN2O4. The van der Waals surface area contributed by atoms with Crippen molar-refractivity contribution < 1.29 is 23.5 Å². The van der Waals surface area contributed by atoms with Crippen LogP contribution in [0.3, 0.4) is 0 Å². The molecule has 3 rings (SSSR count). The molecule has 0 saturated carbocycles. The van der Waals surface area contributed by atoms with Crippen LogP contribution in [0.1, 0.15) is 33.6 Å². The molecule has 0 aliphatic carbocycles. The number of hydrogen-bond donors (Lipinski definition) is 1. The molecule has 2 amide bonds. The van der Waals surface area contributed by atoms with E-state index in [1.807, 2.05) is 0 Å². The van der Waals surface area contributed by atoms with Crippen LogP contribution in [0, 0.1) is 5.82 Å². The first-order chi connectivity index (χ1) is 13.5. The van der Waals surface area contributed by atoms with Gasteiger partial charge in [-0.2, -0.15) is 0 Å². The van der Waals surface area contributed by atoms with Gasteiger partial charge in [0.05, 0.1) is 14.2 Å². The number of rotatable bonds is 5. The molecular weight excluding hydrogens is 363 g/mol. The minimum Gasteiger partial charge on any atom is -0.497 e. The first-order valence-electron chi connectivity index (χ1n) is 9.09. The fourth-order valence-electron chi connectivity index (χ4n) is 3.21. The topological polar surface area (TPSA) is 67.9 Å². The van der Waals surface area contributed by atoms with Crippen LogP contribution in [0.4, 0.5) is 4.39 Å². The van der Waals surface area contributed by atoms with Crippen LogP contribution in [-0.4, -0.2) is 50.1 Å². The number of hydrogen-bond acceptors (Lipinski definition) is 4. The van der Waals surface area contributed by atoms with Crippen molar-refractivity contribution in [2.75, 3.05) is 27.3 Å². The van der Waals surface area contributed by atoms with Crippen LogP contribution in [0.5, 0.6) is 11.5 Å². The average Bonchev–Trinajstić information content (AvgIpc) is 2.73. The fourth-order valence-corrected chi connectivity index (χ4v) is 3.21. The van der Waals surface area contributed by atoms with Gasteiger partial charge in [-0.1, -0.05) is 0 Å². The van der Waals surface area contributed by atoms with E-state index in [2.05, 4.69) is 5.32 Å². The Balaban J connectivity index is 1.57. The molecule has 0 radical (unpaired) electrons. The predicted molar refractivity (Wildman–Crippen MR) is 102 cm³/mol. The molecule has 1 saturated heterocycles. The Labute approximate surface area is 163 Å². The predicted octanol–water partition coefficient (Wildman–Crippen LogP) is 2.88. The van der Waals surface area contributed by atoms with Gasteiger partial charge in [0.2, 0.25) is 0 Å². The third-order valence-corrected chi connectivity index (χ3v) is 4.82. The number of carbonyl (C=O) groups excluding carboxylic acids is 2. The van der Waals surface area contributed by atoms with Crippen molar-refractivity contribution in [2.24, 2.45) is 0 Å². The lowest BCUT2D eigenvalue weighted by atomic mass is 10.0. The van der Waals surface area contributed by atoms with Crippen LogP contribution >= 0.6 is 0 Å². The minimum absolute atomic E-state index is 0.0260. The highest BCUT2D eigenvalue weighted by Gasteiger charge is 2.25. The standard InChI is InChI=1S/C21H23FN2O4/c1-27-18-11-15(12-19(13-18)28-2)20(25)23-17-7-9-24(10-8-17)21(26)14-3-5-16(22)6-4-14/h3-6,11-13,17H,7-10H2,1-2H3,(H,23,25). The van der Waals surface area contributed by atoms with Gasteiger partial charge in [-0.15, -0.1) is 0 Å². The minimum atomic E-state index is -0.368. The summed E-state index contributed by atoms with van der Waals surface area (Å²) in [5, 5.41) is 3.01. The monoisotopic (exact) mass is 386 g/mol. The summed E-state index contributed by atoms with van der Waals surface area (Å²) in [6.07, 6.45) is 1.31. The molecule has 1 fully saturated rings. The summed E-state index contributed by atoms with van der Waals surface area (Å²) < 4.78 is 23.4. The number of ether oxygens (including phenoxy) is 2. The van der Waals surface area contributed by atoms with Crippen LogP contribution in [0.15, 0.2) is 42.5 Å². The van der Waals surface area contributed by atoms with E-state index in [1.165, 1.54) is 38.5 Å². The lowest BCUT2D eigenvalue weighted by molar-refractivity contribution is 0.0698. The smallest absolute Gasteiger partial charge is 0.253 e. The summed E-state index contributed by atoms with van der Waals surface area (Å²) in [5.41, 5.74) is 0.924. The normalized spacial score (nSPS) is 14.5. The zero-order valence-corrected chi connectivity index (χ0v) is 15.9. The molecule has 2 aromatic carbocycles. The van der Waals surface area contributed by atoms with Crippen molar-refractivity contribution >= 4 is 11.8 Å². The molecule has 2 aromatic rings. The SMILES string of the molecule is COc1cc(OC)cc(C(=O)NC2CCN(C(=O)c3ccc(F)cc3)CC2)c1. The summed E-state index contributed by atoms with van der Waals surface area (Å²) in [6.45, 7) is 1.06. The first kappa shape index (κ1) is 19.7. The summed E-state index contributed by atoms with van der Waals surface area (Å²) in [4.78, 5) is 26.8. The fraction of sp³-hybridized carbons (Fsp3) is 0.333. The molecule has 7 heteroatoms. The molecule has 1 heterocycles. The van der Waals surface area contributed by atoms with Gasteiger partial charge in [-0.05, 0) is 49.2 Å². The van der Waals surface area contributed by atoms with Crippen molar-refractivity contribution in [2.45, 2.75) is 18.9 Å². The van der Waals surface area contributed by atoms with Gasteiger partial charge >= 0.3 is 0 Å². The van der Waals surface area contributed by atoms with Crippen molar-refractivity contribution in [3.8, 4) is 11.5 Å². The summed E-state index contributed by atoms with van der Waals surface area (Å²) in [7, 11) is 3.06. The third-order valence-electron chi connectivity index (χ3n) is 4.82. The molecule has 148 valence electrons. The summed E-state index contributed by atoms with van der Waals surface area (Å²) >= 11 is 0. The van der Waals surface area contributed by atoms with Crippen LogP contribution in [0.2, 0.25) is 0 Å². The van der Waals surface area contributed by atoms with Gasteiger partial charge < -0.3 is 19.7 Å². The highest BCUT2D eigenvalue weighted by atomic mass is 19.1. The first-order valence-corrected chi connectivity index (χ1v) is 9.09. The van der Waals surface area contributed by atoms with Gasteiger partial charge in [0, 0.05) is 36.3 Å². The van der Waals surface area contributed by atoms with E-state index in [1.54, 1.807) is 23.1 Å². The second kappa shape index (κ2) is 8.73. The maximum absolute atomic E-state index is 13.0. The number of piperidine rings is 1. The molecule has 6 nitrogen and oxygen atoms in total. The Morgan fingerprint density at radius 3 is 2.07 bits per heavy atom. The Morgan fingerprint density at radius 2 is 1.54 bits per heavy atom. The van der Waals surface area contributed by atoms with Crippen molar-refractivity contribution in [3.63, 3.8) is 0 Å². The van der Waals surface area contributed by atoms with Crippen molar-refractivity contribution in [3.05, 3.63) is 59.4 Å². The highest BCUT2D eigenvalue weighted by Crippen LogP contribution is 2.23. The number of nitrogens with one attached hydrogen (secondary N) is 1. The van der Waals surface area contributed by atoms with E-state index >= 15 is 0 Å². The van der Waals surface area contributed by atoms with Crippen LogP contribution in [-0.2, 0) is 0 Å². The van der Waals surface area contributed by atoms with Gasteiger partial charge in [-0.25, -0.2) is 4.39 Å². The second-order valence-corrected chi connectivity index (χ2v) is 6.65. The van der Waals surface area contributed by atoms with E-state index in [4.69, 9.17) is 9.47 Å². The number of amides is 2. The van der Waals surface area contributed by atoms with Crippen LogP contribution in [0.25, 0.3) is 0 Å². The zero-order valence-electron chi connectivity index (χ0n) is 15.9. The van der Waals surface area contributed by atoms with E-state index in [-0.39, 0.29) is 23.7 Å². The van der Waals surface area contributed by atoms with E-state index < -0.39 is 0 Å². The molecule has 1 N–H and O–H groups in total. The van der Waals surface area contributed by atoms with Gasteiger partial charge in [0.15, 0.2) is 0 Å². The van der Waals surface area contributed by atoms with Crippen molar-refractivity contribution in [1.82, 2.24) is 10.2 Å². The quantitative estimate of drug-likeness (QED) is 0.858. The molecule has 0 bridgehead atoms. The van der Waals surface area contributed by atoms with E-state index in [0.29, 0.717) is 48.6 Å². The summed E-state index contributed by atoms with van der Waals surface area (Å²) in [6, 6.07) is 10.5. The lowest BCUT2D eigenvalue weighted by Crippen LogP contribution is -2.46. The van der Waals surface area contributed by atoms with Gasteiger partial charge in [0.25, 0.3) is 11.8 Å². The Hall–Kier alpha value is -3.09. The summed E-state index contributed by atoms with van der Waals surface area (Å²) in [5.74, 6) is 0.392. The zero-order chi connectivity index (χ0) is 20.1. The maximum atomic E-state index is 13.0. The Kier molecular flexibility index (Phi) is 6.13. The number of methoxy groups -OCH3 is 2. The third kappa shape index (κ3) is 4.60. The second-order valence-electron chi connectivity index (χ2n) is 6.65. The van der Waals surface area contributed by atoms with Crippen LogP contribution < -0.4 is 14.8 Å². The van der Waals surface area contributed by atoms with E-state index in [0.717, 1.165) is 0 Å². The molecule has 1 aliphatic heterocycles. The van der Waals surface area contributed by atoms with E-state index in [9.17, 15) is 14.0 Å². The number of benzene rings is 2. The molecule has 0 unspecified atom stereocenters. The lowest BCUT2D eigenvalue weighted by Gasteiger charge is -2.32. The number of likely N-dealkylation sites (tertiary alicyclic amines) is 1. The van der Waals surface area contributed by atoms with Gasteiger partial charge in [-0.3, -0.25) is 9.59 Å². The molecule has 28 heavy (non-hydrogen) atoms. The largest absolute Gasteiger partial charge is 0.497 e. The highest BCUT2D eigenvalue weighted by molar-refractivity contribution is 5.95. The molecule has 0 spiro atoms. The average molecular weight is 386 g/mol. The number of nitrogens with zero attached hydrogens (tertiary/aromatic N) is 1. The number of carbonyl (C=O) groups is 2. The number of halogens is 1.